The quantitative estimate of drug-likeness (QED) is 0.626. The van der Waals surface area contributed by atoms with Gasteiger partial charge in [-0.25, -0.2) is 9.67 Å². The van der Waals surface area contributed by atoms with Gasteiger partial charge < -0.3 is 5.32 Å². The fourth-order valence-electron chi connectivity index (χ4n) is 2.03. The number of aryl methyl sites for hydroxylation is 2. The first-order valence-corrected chi connectivity index (χ1v) is 7.34. The summed E-state index contributed by atoms with van der Waals surface area (Å²) in [6.07, 6.45) is 3.93. The molecule has 0 amide bonds. The van der Waals surface area contributed by atoms with Crippen molar-refractivity contribution in [2.45, 2.75) is 26.2 Å². The zero-order valence-corrected chi connectivity index (χ0v) is 12.3. The maximum atomic E-state index is 11.2. The Morgan fingerprint density at radius 1 is 1.50 bits per heavy atom. The van der Waals surface area contributed by atoms with E-state index in [1.165, 1.54) is 0 Å². The van der Waals surface area contributed by atoms with Crippen molar-refractivity contribution in [3.8, 4) is 0 Å². The lowest BCUT2D eigenvalue weighted by Crippen LogP contribution is -2.09. The Hall–Kier alpha value is -1.96. The number of thiazole rings is 1. The lowest BCUT2D eigenvalue weighted by molar-refractivity contribution is -0.384. The molecule has 0 fully saturated rings. The third-order valence-electron chi connectivity index (χ3n) is 2.88. The van der Waals surface area contributed by atoms with Crippen LogP contribution in [0.1, 0.15) is 24.0 Å². The summed E-state index contributed by atoms with van der Waals surface area (Å²) in [7, 11) is 1.72. The molecule has 0 unspecified atom stereocenters. The number of nitrogens with zero attached hydrogens (tertiary/aromatic N) is 4. The summed E-state index contributed by atoms with van der Waals surface area (Å²) in [5, 5.41) is 21.5. The summed E-state index contributed by atoms with van der Waals surface area (Å²) < 4.78 is 1.55. The molecule has 0 spiro atoms. The van der Waals surface area contributed by atoms with Gasteiger partial charge in [0.1, 0.15) is 5.69 Å². The Morgan fingerprint density at radius 2 is 2.30 bits per heavy atom. The highest BCUT2D eigenvalue weighted by Crippen LogP contribution is 2.28. The molecule has 0 aliphatic rings. The van der Waals surface area contributed by atoms with Crippen molar-refractivity contribution in [1.82, 2.24) is 14.8 Å². The number of nitro groups is 1. The number of aromatic nitrogens is 3. The third-order valence-corrected chi connectivity index (χ3v) is 3.72. The van der Waals surface area contributed by atoms with Crippen molar-refractivity contribution < 1.29 is 4.92 Å². The van der Waals surface area contributed by atoms with E-state index >= 15 is 0 Å². The molecule has 0 radical (unpaired) electrons. The van der Waals surface area contributed by atoms with Crippen molar-refractivity contribution in [3.63, 3.8) is 0 Å². The van der Waals surface area contributed by atoms with Gasteiger partial charge in [0.2, 0.25) is 5.82 Å². The molecule has 0 atom stereocenters. The summed E-state index contributed by atoms with van der Waals surface area (Å²) in [6, 6.07) is 0. The second-order valence-corrected chi connectivity index (χ2v) is 5.36. The van der Waals surface area contributed by atoms with Crippen molar-refractivity contribution in [1.29, 1.82) is 0 Å². The molecule has 0 aliphatic heterocycles. The smallest absolute Gasteiger partial charge is 0.333 e. The van der Waals surface area contributed by atoms with E-state index in [1.54, 1.807) is 29.3 Å². The molecule has 8 heteroatoms. The van der Waals surface area contributed by atoms with Gasteiger partial charge in [0.05, 0.1) is 9.93 Å². The van der Waals surface area contributed by atoms with Crippen LogP contribution in [0, 0.1) is 10.1 Å². The van der Waals surface area contributed by atoms with Gasteiger partial charge in [0, 0.05) is 31.6 Å². The van der Waals surface area contributed by atoms with Crippen LogP contribution in [0.15, 0.2) is 11.6 Å². The zero-order chi connectivity index (χ0) is 14.5. The average molecular weight is 295 g/mol. The molecule has 2 aromatic heterocycles. The molecule has 0 aliphatic carbocycles. The summed E-state index contributed by atoms with van der Waals surface area (Å²) in [5.41, 5.74) is 0.630. The highest BCUT2D eigenvalue weighted by molar-refractivity contribution is 7.09. The molecule has 0 aromatic carbocycles. The molecule has 2 rings (SSSR count). The monoisotopic (exact) mass is 295 g/mol. The summed E-state index contributed by atoms with van der Waals surface area (Å²) in [6.45, 7) is 2.58. The Morgan fingerprint density at radius 3 is 2.90 bits per heavy atom. The Labute approximate surface area is 120 Å². The summed E-state index contributed by atoms with van der Waals surface area (Å²) in [4.78, 5) is 15.1. The van der Waals surface area contributed by atoms with E-state index in [4.69, 9.17) is 0 Å². The molecule has 108 valence electrons. The standard InChI is InChI=1S/C12H17N5O2S/c1-3-4-9-11(17(18)19)12(16(2)15-9)14-6-5-10-13-7-8-20-10/h7-8,14H,3-6H2,1-2H3. The van der Waals surface area contributed by atoms with Crippen molar-refractivity contribution in [3.05, 3.63) is 32.4 Å². The fraction of sp³-hybridized carbons (Fsp3) is 0.500. The van der Waals surface area contributed by atoms with E-state index in [0.29, 0.717) is 24.5 Å². The maximum Gasteiger partial charge on any atom is 0.333 e. The van der Waals surface area contributed by atoms with Gasteiger partial charge in [-0.05, 0) is 6.42 Å². The maximum absolute atomic E-state index is 11.2. The molecule has 2 heterocycles. The van der Waals surface area contributed by atoms with E-state index in [0.717, 1.165) is 17.8 Å². The predicted molar refractivity (Wildman–Crippen MR) is 78.2 cm³/mol. The average Bonchev–Trinajstić information content (AvgIpc) is 2.99. The van der Waals surface area contributed by atoms with Crippen LogP contribution in [-0.2, 0) is 19.9 Å². The lowest BCUT2D eigenvalue weighted by Gasteiger charge is -2.04. The Kier molecular flexibility index (Phi) is 4.67. The van der Waals surface area contributed by atoms with Gasteiger partial charge in [-0.2, -0.15) is 5.10 Å². The molecule has 0 bridgehead atoms. The first kappa shape index (κ1) is 14.4. The van der Waals surface area contributed by atoms with Crippen LogP contribution in [0.25, 0.3) is 0 Å². The van der Waals surface area contributed by atoms with Gasteiger partial charge in [-0.3, -0.25) is 10.1 Å². The first-order chi connectivity index (χ1) is 9.63. The van der Waals surface area contributed by atoms with E-state index in [9.17, 15) is 10.1 Å². The van der Waals surface area contributed by atoms with Crippen LogP contribution in [0.2, 0.25) is 0 Å². The van der Waals surface area contributed by atoms with Crippen LogP contribution in [0.5, 0.6) is 0 Å². The second-order valence-electron chi connectivity index (χ2n) is 4.38. The van der Waals surface area contributed by atoms with Crippen LogP contribution < -0.4 is 5.32 Å². The van der Waals surface area contributed by atoms with Crippen LogP contribution >= 0.6 is 11.3 Å². The third kappa shape index (κ3) is 3.13. The van der Waals surface area contributed by atoms with E-state index < -0.39 is 0 Å². The normalized spacial score (nSPS) is 10.7. The topological polar surface area (TPSA) is 85.9 Å². The van der Waals surface area contributed by atoms with Crippen molar-refractivity contribution in [2.24, 2.45) is 7.05 Å². The molecule has 0 saturated heterocycles. The van der Waals surface area contributed by atoms with Gasteiger partial charge in [-0.1, -0.05) is 13.3 Å². The molecule has 0 saturated carbocycles. The molecule has 7 nitrogen and oxygen atoms in total. The minimum atomic E-state index is -0.357. The highest BCUT2D eigenvalue weighted by atomic mass is 32.1. The van der Waals surface area contributed by atoms with Gasteiger partial charge in [0.25, 0.3) is 0 Å². The number of rotatable bonds is 7. The van der Waals surface area contributed by atoms with Crippen molar-refractivity contribution in [2.75, 3.05) is 11.9 Å². The minimum Gasteiger partial charge on any atom is -0.364 e. The molecule has 20 heavy (non-hydrogen) atoms. The van der Waals surface area contributed by atoms with Gasteiger partial charge in [-0.15, -0.1) is 11.3 Å². The minimum absolute atomic E-state index is 0.0912. The van der Waals surface area contributed by atoms with E-state index in [2.05, 4.69) is 15.4 Å². The summed E-state index contributed by atoms with van der Waals surface area (Å²) >= 11 is 1.58. The summed E-state index contributed by atoms with van der Waals surface area (Å²) in [5.74, 6) is 0.468. The molecule has 1 N–H and O–H groups in total. The van der Waals surface area contributed by atoms with Crippen LogP contribution in [0.4, 0.5) is 11.5 Å². The predicted octanol–water partition coefficient (Wildman–Crippen LogP) is 2.39. The van der Waals surface area contributed by atoms with Crippen LogP contribution in [0.3, 0.4) is 0 Å². The molecular formula is C12H17N5O2S. The second kappa shape index (κ2) is 6.47. The number of nitrogens with one attached hydrogen (secondary N) is 1. The Bertz CT molecular complexity index is 579. The Balaban J connectivity index is 2.11. The fourth-order valence-corrected chi connectivity index (χ4v) is 2.65. The van der Waals surface area contributed by atoms with E-state index in [1.807, 2.05) is 12.3 Å². The zero-order valence-electron chi connectivity index (χ0n) is 11.5. The number of anilines is 1. The molecule has 2 aromatic rings. The largest absolute Gasteiger partial charge is 0.364 e. The SMILES string of the molecule is CCCc1nn(C)c(NCCc2nccs2)c1[N+](=O)[O-]. The van der Waals surface area contributed by atoms with Crippen LogP contribution in [-0.4, -0.2) is 26.2 Å². The highest BCUT2D eigenvalue weighted by Gasteiger charge is 2.25. The molecular weight excluding hydrogens is 278 g/mol. The number of hydrogen-bond acceptors (Lipinski definition) is 6. The van der Waals surface area contributed by atoms with E-state index in [-0.39, 0.29) is 10.6 Å². The van der Waals surface area contributed by atoms with Gasteiger partial charge >= 0.3 is 5.69 Å². The lowest BCUT2D eigenvalue weighted by atomic mass is 10.2. The number of hydrogen-bond donors (Lipinski definition) is 1. The first-order valence-electron chi connectivity index (χ1n) is 6.46. The van der Waals surface area contributed by atoms with Crippen molar-refractivity contribution >= 4 is 22.8 Å². The van der Waals surface area contributed by atoms with Gasteiger partial charge in [0.15, 0.2) is 0 Å².